The minimum absolute atomic E-state index is 0. The van der Waals surface area contributed by atoms with E-state index in [1.165, 1.54) is 76.4 Å². The number of aromatic carboxylic acids is 1. The van der Waals surface area contributed by atoms with Crippen LogP contribution in [-0.2, 0) is 110 Å². The summed E-state index contributed by atoms with van der Waals surface area (Å²) < 4.78 is 52.7. The fourth-order valence-electron chi connectivity index (χ4n) is 6.23. The number of allylic oxidation sites excluding steroid dienone is 4. The second kappa shape index (κ2) is 49.2. The Labute approximate surface area is 591 Å². The monoisotopic (exact) mass is 2130 g/mol. The summed E-state index contributed by atoms with van der Waals surface area (Å²) in [5.41, 5.74) is 5.96. The van der Waals surface area contributed by atoms with Crippen LogP contribution in [0.15, 0.2) is 248 Å². The van der Waals surface area contributed by atoms with Crippen LogP contribution in [0.3, 0.4) is 0 Å². The number of aromatic nitrogens is 7. The summed E-state index contributed by atoms with van der Waals surface area (Å²) in [4.78, 5) is 50.2. The first-order valence-corrected chi connectivity index (χ1v) is 26.1. The maximum absolute atomic E-state index is 13.2. The number of thiophene rings is 1. The van der Waals surface area contributed by atoms with E-state index in [2.05, 4.69) is 60.4 Å². The van der Waals surface area contributed by atoms with Gasteiger partial charge in [-0.05, 0) is 92.9 Å². The Bertz CT molecular complexity index is 3530. The van der Waals surface area contributed by atoms with Crippen molar-refractivity contribution in [2.45, 2.75) is 27.7 Å². The van der Waals surface area contributed by atoms with Crippen LogP contribution in [0.4, 0.5) is 17.6 Å². The summed E-state index contributed by atoms with van der Waals surface area (Å²) in [6.45, 7) is 5.70. The molecule has 7 aromatic heterocycles. The number of aliphatic hydroxyl groups is 2. The molecule has 11 aromatic rings. The first-order valence-electron chi connectivity index (χ1n) is 25.2. The molecule has 23 heteroatoms. The van der Waals surface area contributed by atoms with Gasteiger partial charge in [0.1, 0.15) is 5.69 Å². The molecule has 0 aliphatic rings. The van der Waals surface area contributed by atoms with Gasteiger partial charge in [0.15, 0.2) is 11.6 Å². The van der Waals surface area contributed by atoms with E-state index in [1.54, 1.807) is 89.5 Å². The predicted molar refractivity (Wildman–Crippen MR) is 319 cm³/mol. The molecule has 0 spiro atoms. The third kappa shape index (κ3) is 35.6. The van der Waals surface area contributed by atoms with Crippen molar-refractivity contribution in [3.63, 3.8) is 0 Å². The van der Waals surface area contributed by atoms with Gasteiger partial charge in [-0.15, -0.1) is 108 Å². The first-order chi connectivity index (χ1) is 41.0. The van der Waals surface area contributed by atoms with Gasteiger partial charge >= 0.3 is 5.97 Å². The zero-order valence-electron chi connectivity index (χ0n) is 47.8. The molecule has 3 N–H and O–H groups in total. The summed E-state index contributed by atoms with van der Waals surface area (Å²) >= 11 is 1.63. The number of carboxylic acids is 1. The molecule has 0 bridgehead atoms. The number of carbonyl (C=O) groups is 3. The number of hydrogen-bond donors (Lipinski definition) is 3. The van der Waals surface area contributed by atoms with Gasteiger partial charge in [-0.3, -0.25) is 31.8 Å². The van der Waals surface area contributed by atoms with Crippen molar-refractivity contribution in [2.75, 3.05) is 0 Å². The molecule has 5 radical (unpaired) electrons. The molecular formula is C67H54F4Ir5N7O6S-5. The summed E-state index contributed by atoms with van der Waals surface area (Å²) in [6.07, 6.45) is 14.2. The number of carboxylic acid groups (broad SMARTS) is 1. The van der Waals surface area contributed by atoms with E-state index in [4.69, 9.17) is 15.3 Å². The molecule has 0 amide bonds. The maximum Gasteiger partial charge on any atom is 0.354 e. The van der Waals surface area contributed by atoms with Gasteiger partial charge in [-0.25, -0.2) is 33.2 Å². The number of benzene rings is 4. The second-order valence-corrected chi connectivity index (χ2v) is 17.5. The molecule has 13 nitrogen and oxygen atoms in total. The van der Waals surface area contributed by atoms with E-state index < -0.39 is 17.6 Å². The summed E-state index contributed by atoms with van der Waals surface area (Å²) in [5, 5.41) is 32.1. The van der Waals surface area contributed by atoms with Crippen molar-refractivity contribution < 1.29 is 148 Å². The molecule has 0 saturated carbocycles. The Balaban J connectivity index is 0. The normalized spacial score (nSPS) is 9.51. The van der Waals surface area contributed by atoms with Gasteiger partial charge in [0.25, 0.3) is 0 Å². The number of aliphatic hydroxyl groups excluding tert-OH is 2. The molecule has 0 unspecified atom stereocenters. The first kappa shape index (κ1) is 84.5. The smallest absolute Gasteiger partial charge is 0.354 e. The number of carbonyl (C=O) groups excluding carboxylic acids is 2. The van der Waals surface area contributed by atoms with E-state index >= 15 is 0 Å². The standard InChI is InChI=1S/C11H6F2N.2C11H7FN.C11H8N.C7H5N2S.C6H5NO2.2C5H8O2.5Ir/c12-8-4-5-9(10(13)7-8)11-3-1-2-6-14-11;2*12-10-6-4-9(5-7-10)11-3-1-2-8-13-11;1-2-6-10(7-3-1)11-8-4-5-9-12-11;1-3-7(10-6-1)9-5-2-4-8-9;8-6(9)5-3-1-2-4-7-5;2*1-4(6)3-5(2)7;;;;;/h1-4,6-7H;2*1-4,6-8H;1-6,8-9H;1-2,4-6H;1-4H,(H,8,9);2*3,6H,1-2H3;;;;;/q5*-1;;;;;;;;. The molecule has 0 aliphatic carbocycles. The van der Waals surface area contributed by atoms with E-state index in [1.807, 2.05) is 103 Å². The maximum atomic E-state index is 13.2. The number of rotatable bonds is 8. The molecule has 7 heterocycles. The van der Waals surface area contributed by atoms with Gasteiger partial charge in [-0.2, -0.15) is 10.5 Å². The number of nitrogens with zero attached hydrogens (tertiary/aromatic N) is 7. The van der Waals surface area contributed by atoms with Gasteiger partial charge in [-0.1, -0.05) is 66.2 Å². The molecule has 0 fully saturated rings. The summed E-state index contributed by atoms with van der Waals surface area (Å²) in [5.74, 6) is -2.96. The molecule has 90 heavy (non-hydrogen) atoms. The Morgan fingerprint density at radius 1 is 0.456 bits per heavy atom. The average Bonchev–Trinajstić information content (AvgIpc) is 3.25. The van der Waals surface area contributed by atoms with Crippen LogP contribution in [0, 0.1) is 53.6 Å². The molecule has 0 atom stereocenters. The Hall–Kier alpha value is -7.60. The topological polar surface area (TPSA) is 194 Å². The van der Waals surface area contributed by atoms with Crippen LogP contribution in [0.25, 0.3) is 50.0 Å². The third-order valence-corrected chi connectivity index (χ3v) is 10.5. The third-order valence-electron chi connectivity index (χ3n) is 9.74. The second-order valence-electron chi connectivity index (χ2n) is 16.7. The summed E-state index contributed by atoms with van der Waals surface area (Å²) in [7, 11) is 0. The van der Waals surface area contributed by atoms with Crippen molar-refractivity contribution in [1.29, 1.82) is 0 Å². The molecule has 11 rings (SSSR count). The van der Waals surface area contributed by atoms with Gasteiger partial charge in [0.05, 0.1) is 11.5 Å². The van der Waals surface area contributed by atoms with Gasteiger partial charge in [0.2, 0.25) is 0 Å². The summed E-state index contributed by atoms with van der Waals surface area (Å²) in [6, 6.07) is 63.5. The number of hydrogen-bond acceptors (Lipinski definition) is 12. The largest absolute Gasteiger partial charge is 0.512 e. The van der Waals surface area contributed by atoms with Crippen LogP contribution >= 0.6 is 11.3 Å². The van der Waals surface area contributed by atoms with Crippen molar-refractivity contribution >= 4 is 28.9 Å². The average molecular weight is 2120 g/mol. The van der Waals surface area contributed by atoms with Crippen molar-refractivity contribution in [3.05, 3.63) is 308 Å². The number of ketones is 2. The fourth-order valence-corrected chi connectivity index (χ4v) is 6.84. The van der Waals surface area contributed by atoms with E-state index in [0.717, 1.165) is 50.9 Å². The van der Waals surface area contributed by atoms with Crippen LogP contribution < -0.4 is 0 Å². The minimum Gasteiger partial charge on any atom is -0.512 e. The fraction of sp³-hybridized carbons (Fsp3) is 0.0597. The molecular weight excluding hydrogens is 2070 g/mol. The van der Waals surface area contributed by atoms with Crippen LogP contribution in [0.1, 0.15) is 38.2 Å². The SMILES string of the molecule is CC(=O)C=C(C)O.CC(=O)C=C(C)O.Fc1c[c-]c(-c2ccccn2)c(F)c1.Fc1c[c-]c(-c2ccccn2)cc1.Fc1c[c-]c(-c2ccccn2)cc1.O=C(O)c1ccccn1.[Ir].[Ir].[Ir].[Ir].[Ir].[c-]1ccccc1-c1ccccn1.[c-]1ccsc1-n1cccn1. The van der Waals surface area contributed by atoms with Crippen LogP contribution in [0.5, 0.6) is 0 Å². The van der Waals surface area contributed by atoms with E-state index in [-0.39, 0.29) is 147 Å². The number of halogens is 4. The molecule has 4 aromatic carbocycles. The predicted octanol–water partition coefficient (Wildman–Crippen LogP) is 15.3. The Morgan fingerprint density at radius 3 is 1.19 bits per heavy atom. The van der Waals surface area contributed by atoms with Crippen molar-refractivity contribution in [1.82, 2.24) is 34.7 Å². The molecule has 0 aliphatic heterocycles. The zero-order valence-corrected chi connectivity index (χ0v) is 60.6. The van der Waals surface area contributed by atoms with Gasteiger partial charge < -0.3 is 35.3 Å². The minimum atomic E-state index is -0.990. The number of pyridine rings is 5. The zero-order chi connectivity index (χ0) is 61.6. The van der Waals surface area contributed by atoms with Crippen molar-refractivity contribution in [2.24, 2.45) is 0 Å². The Kier molecular flexibility index (Phi) is 46.2. The van der Waals surface area contributed by atoms with E-state index in [9.17, 15) is 31.9 Å². The van der Waals surface area contributed by atoms with Crippen LogP contribution in [-0.4, -0.2) is 67.6 Å². The van der Waals surface area contributed by atoms with Gasteiger partial charge in [0, 0.05) is 184 Å². The Morgan fingerprint density at radius 2 is 0.889 bits per heavy atom. The molecule has 477 valence electrons. The van der Waals surface area contributed by atoms with Crippen molar-refractivity contribution in [3.8, 4) is 50.0 Å². The quantitative estimate of drug-likeness (QED) is 0.0565. The van der Waals surface area contributed by atoms with Crippen LogP contribution in [0.2, 0.25) is 0 Å². The molecule has 0 saturated heterocycles. The van der Waals surface area contributed by atoms with E-state index in [0.29, 0.717) is 5.69 Å².